The average Bonchev–Trinajstić information content (AvgIpc) is 2.26. The van der Waals surface area contributed by atoms with Crippen LogP contribution in [0.2, 0.25) is 0 Å². The van der Waals surface area contributed by atoms with E-state index in [1.807, 2.05) is 24.9 Å². The summed E-state index contributed by atoms with van der Waals surface area (Å²) in [6.07, 6.45) is 0.991. The Morgan fingerprint density at radius 1 is 1.38 bits per heavy atom. The molecule has 16 heavy (non-hydrogen) atoms. The second-order valence-corrected chi connectivity index (χ2v) is 4.37. The summed E-state index contributed by atoms with van der Waals surface area (Å²) in [6, 6.07) is 5.43. The lowest BCUT2D eigenvalue weighted by atomic mass is 10.1. The topological polar surface area (TPSA) is 29.3 Å². The van der Waals surface area contributed by atoms with Crippen LogP contribution in [0.1, 0.15) is 38.8 Å². The van der Waals surface area contributed by atoms with E-state index in [0.29, 0.717) is 11.7 Å². The second-order valence-electron chi connectivity index (χ2n) is 4.37. The van der Waals surface area contributed by atoms with Crippen LogP contribution in [-0.2, 0) is 0 Å². The van der Waals surface area contributed by atoms with Gasteiger partial charge in [-0.1, -0.05) is 13.0 Å². The van der Waals surface area contributed by atoms with Gasteiger partial charge >= 0.3 is 0 Å². The van der Waals surface area contributed by atoms with Gasteiger partial charge in [-0.2, -0.15) is 0 Å². The molecular weight excluding hydrogens is 203 g/mol. The van der Waals surface area contributed by atoms with Crippen molar-refractivity contribution in [1.29, 1.82) is 0 Å². The van der Waals surface area contributed by atoms with Crippen LogP contribution in [0, 0.1) is 5.82 Å². The summed E-state index contributed by atoms with van der Waals surface area (Å²) in [4.78, 5) is 1.96. The van der Waals surface area contributed by atoms with Gasteiger partial charge in [0.1, 0.15) is 5.82 Å². The maximum Gasteiger partial charge on any atom is 0.146 e. The van der Waals surface area contributed by atoms with Gasteiger partial charge in [0, 0.05) is 19.1 Å². The van der Waals surface area contributed by atoms with Gasteiger partial charge in [0.05, 0.1) is 5.69 Å². The van der Waals surface area contributed by atoms with E-state index in [1.165, 1.54) is 6.07 Å². The van der Waals surface area contributed by atoms with Crippen LogP contribution >= 0.6 is 0 Å². The van der Waals surface area contributed by atoms with Gasteiger partial charge in [-0.15, -0.1) is 0 Å². The molecule has 1 aromatic rings. The van der Waals surface area contributed by atoms with E-state index in [0.717, 1.165) is 12.0 Å². The van der Waals surface area contributed by atoms with Crippen LogP contribution in [0.15, 0.2) is 18.2 Å². The molecule has 0 aliphatic heterocycles. The zero-order chi connectivity index (χ0) is 12.3. The molecule has 90 valence electrons. The van der Waals surface area contributed by atoms with Gasteiger partial charge in [0.2, 0.25) is 0 Å². The Labute approximate surface area is 97.3 Å². The Morgan fingerprint density at radius 3 is 2.44 bits per heavy atom. The number of nitrogens with zero attached hydrogens (tertiary/aromatic N) is 1. The van der Waals surface area contributed by atoms with Gasteiger partial charge < -0.3 is 10.6 Å². The second kappa shape index (κ2) is 5.30. The van der Waals surface area contributed by atoms with Gasteiger partial charge in [-0.3, -0.25) is 0 Å². The average molecular weight is 224 g/mol. The highest BCUT2D eigenvalue weighted by atomic mass is 19.1. The fourth-order valence-electron chi connectivity index (χ4n) is 1.60. The summed E-state index contributed by atoms with van der Waals surface area (Å²) in [5, 5.41) is 0. The number of anilines is 1. The molecule has 0 saturated heterocycles. The molecule has 0 amide bonds. The quantitative estimate of drug-likeness (QED) is 0.851. The van der Waals surface area contributed by atoms with Crippen LogP contribution in [0.3, 0.4) is 0 Å². The minimum Gasteiger partial charge on any atom is -0.370 e. The number of hydrogen-bond donors (Lipinski definition) is 1. The SMILES string of the molecule is CCC(C)N(C)c1ccc([C@@H](C)N)cc1F. The fourth-order valence-corrected chi connectivity index (χ4v) is 1.60. The summed E-state index contributed by atoms with van der Waals surface area (Å²) in [5.74, 6) is -0.197. The van der Waals surface area contributed by atoms with Gasteiger partial charge in [0.25, 0.3) is 0 Å². The molecule has 1 unspecified atom stereocenters. The Morgan fingerprint density at radius 2 is 2.00 bits per heavy atom. The zero-order valence-corrected chi connectivity index (χ0v) is 10.5. The number of rotatable bonds is 4. The third-order valence-corrected chi connectivity index (χ3v) is 3.13. The van der Waals surface area contributed by atoms with Crippen molar-refractivity contribution >= 4 is 5.69 Å². The van der Waals surface area contributed by atoms with E-state index >= 15 is 0 Å². The minimum absolute atomic E-state index is 0.127. The van der Waals surface area contributed by atoms with E-state index in [1.54, 1.807) is 6.07 Å². The molecule has 0 aliphatic carbocycles. The molecule has 2 nitrogen and oxygen atoms in total. The largest absolute Gasteiger partial charge is 0.370 e. The summed E-state index contributed by atoms with van der Waals surface area (Å²) in [5.41, 5.74) is 7.18. The first-order valence-corrected chi connectivity index (χ1v) is 5.75. The smallest absolute Gasteiger partial charge is 0.146 e. The van der Waals surface area contributed by atoms with Crippen LogP contribution in [-0.4, -0.2) is 13.1 Å². The highest BCUT2D eigenvalue weighted by Crippen LogP contribution is 2.23. The highest BCUT2D eigenvalue weighted by Gasteiger charge is 2.13. The van der Waals surface area contributed by atoms with Crippen molar-refractivity contribution in [3.05, 3.63) is 29.6 Å². The molecule has 0 heterocycles. The molecule has 1 rings (SSSR count). The lowest BCUT2D eigenvalue weighted by molar-refractivity contribution is 0.596. The van der Waals surface area contributed by atoms with Crippen molar-refractivity contribution in [2.45, 2.75) is 39.3 Å². The lowest BCUT2D eigenvalue weighted by Gasteiger charge is -2.26. The molecule has 0 fully saturated rings. The van der Waals surface area contributed by atoms with Crippen LogP contribution < -0.4 is 10.6 Å². The van der Waals surface area contributed by atoms with Crippen LogP contribution in [0.5, 0.6) is 0 Å². The first kappa shape index (κ1) is 13.0. The van der Waals surface area contributed by atoms with E-state index in [4.69, 9.17) is 5.73 Å². The highest BCUT2D eigenvalue weighted by molar-refractivity contribution is 5.49. The molecule has 0 spiro atoms. The maximum absolute atomic E-state index is 13.9. The fraction of sp³-hybridized carbons (Fsp3) is 0.538. The molecule has 0 aliphatic rings. The maximum atomic E-state index is 13.9. The summed E-state index contributed by atoms with van der Waals surface area (Å²) < 4.78 is 13.9. The van der Waals surface area contributed by atoms with E-state index < -0.39 is 0 Å². The minimum atomic E-state index is -0.197. The molecule has 0 aromatic heterocycles. The third-order valence-electron chi connectivity index (χ3n) is 3.13. The molecule has 2 N–H and O–H groups in total. The van der Waals surface area contributed by atoms with Gasteiger partial charge in [0.15, 0.2) is 0 Å². The predicted octanol–water partition coefficient (Wildman–Crippen LogP) is 3.08. The van der Waals surface area contributed by atoms with Crippen LogP contribution in [0.4, 0.5) is 10.1 Å². The summed E-state index contributed by atoms with van der Waals surface area (Å²) in [7, 11) is 1.91. The molecule has 3 heteroatoms. The van der Waals surface area contributed by atoms with Crippen molar-refractivity contribution in [2.24, 2.45) is 5.73 Å². The molecule has 0 bridgehead atoms. The normalized spacial score (nSPS) is 14.6. The molecule has 1 aromatic carbocycles. The number of benzene rings is 1. The van der Waals surface area contributed by atoms with Gasteiger partial charge in [-0.05, 0) is 38.0 Å². The third kappa shape index (κ3) is 2.73. The van der Waals surface area contributed by atoms with Crippen molar-refractivity contribution in [1.82, 2.24) is 0 Å². The number of hydrogen-bond acceptors (Lipinski definition) is 2. The molecule has 0 saturated carbocycles. The van der Waals surface area contributed by atoms with Crippen molar-refractivity contribution in [2.75, 3.05) is 11.9 Å². The van der Waals surface area contributed by atoms with Crippen molar-refractivity contribution in [3.63, 3.8) is 0 Å². The molecule has 2 atom stereocenters. The Hall–Kier alpha value is -1.09. The monoisotopic (exact) mass is 224 g/mol. The number of halogens is 1. The summed E-state index contributed by atoms with van der Waals surface area (Å²) in [6.45, 7) is 6.03. The van der Waals surface area contributed by atoms with Gasteiger partial charge in [-0.25, -0.2) is 4.39 Å². The van der Waals surface area contributed by atoms with Crippen LogP contribution in [0.25, 0.3) is 0 Å². The standard InChI is InChI=1S/C13H21FN2/c1-5-9(2)16(4)13-7-6-11(10(3)15)8-12(13)14/h6-10H,5,15H2,1-4H3/t9?,10-/m1/s1. The zero-order valence-electron chi connectivity index (χ0n) is 10.5. The van der Waals surface area contributed by atoms with Crippen molar-refractivity contribution < 1.29 is 4.39 Å². The van der Waals surface area contributed by atoms with E-state index in [-0.39, 0.29) is 11.9 Å². The molecule has 0 radical (unpaired) electrons. The Kier molecular flexibility index (Phi) is 4.30. The number of nitrogens with two attached hydrogens (primary N) is 1. The van der Waals surface area contributed by atoms with E-state index in [9.17, 15) is 4.39 Å². The lowest BCUT2D eigenvalue weighted by Crippen LogP contribution is -2.28. The first-order chi connectivity index (χ1) is 7.47. The Balaban J connectivity index is 2.99. The first-order valence-electron chi connectivity index (χ1n) is 5.75. The van der Waals surface area contributed by atoms with Crippen molar-refractivity contribution in [3.8, 4) is 0 Å². The van der Waals surface area contributed by atoms with E-state index in [2.05, 4.69) is 13.8 Å². The Bertz CT molecular complexity index is 350. The predicted molar refractivity (Wildman–Crippen MR) is 67.2 cm³/mol. The molecular formula is C13H21FN2. The summed E-state index contributed by atoms with van der Waals surface area (Å²) >= 11 is 0.